The summed E-state index contributed by atoms with van der Waals surface area (Å²) in [6.07, 6.45) is 3.29. The monoisotopic (exact) mass is 383 g/mol. The van der Waals surface area contributed by atoms with E-state index in [0.717, 1.165) is 44.5 Å². The first-order valence-electron chi connectivity index (χ1n) is 7.66. The Morgan fingerprint density at radius 2 is 1.56 bits per heavy atom. The number of hydrogen-bond donors (Lipinski definition) is 0. The van der Waals surface area contributed by atoms with E-state index in [-0.39, 0.29) is 11.5 Å². The molecule has 1 saturated heterocycles. The van der Waals surface area contributed by atoms with Gasteiger partial charge >= 0.3 is 15.6 Å². The van der Waals surface area contributed by atoms with Crippen LogP contribution in [-0.4, -0.2) is 46.1 Å². The molecule has 0 N–H and O–H groups in total. The number of likely N-dealkylation sites (tertiary alicyclic amines) is 1. The van der Waals surface area contributed by atoms with Gasteiger partial charge in [-0.3, -0.25) is 4.90 Å². The van der Waals surface area contributed by atoms with Gasteiger partial charge in [-0.25, -0.2) is 0 Å². The lowest BCUT2D eigenvalue weighted by molar-refractivity contribution is -0.0500. The fraction of sp³-hybridized carbons (Fsp3) is 0.600. The number of piperidine rings is 1. The lowest BCUT2D eigenvalue weighted by atomic mass is 10.1. The van der Waals surface area contributed by atoms with Crippen molar-refractivity contribution in [3.63, 3.8) is 0 Å². The Kier molecular flexibility index (Phi) is 6.04. The Morgan fingerprint density at radius 3 is 2.00 bits per heavy atom. The molecule has 2 rings (SSSR count). The van der Waals surface area contributed by atoms with Gasteiger partial charge in [-0.15, -0.1) is 0 Å². The van der Waals surface area contributed by atoms with Crippen LogP contribution in [0.15, 0.2) is 12.1 Å². The van der Waals surface area contributed by atoms with E-state index >= 15 is 0 Å². The molecular weight excluding hydrogens is 363 g/mol. The molecule has 6 nitrogen and oxygen atoms in total. The third-order valence-electron chi connectivity index (χ3n) is 3.90. The van der Waals surface area contributed by atoms with Gasteiger partial charge in [0.05, 0.1) is 19.8 Å². The molecule has 1 aromatic carbocycles. The molecule has 25 heavy (non-hydrogen) atoms. The predicted molar refractivity (Wildman–Crippen MR) is 84.3 cm³/mol. The van der Waals surface area contributed by atoms with Crippen LogP contribution in [0.3, 0.4) is 0 Å². The number of benzene rings is 1. The zero-order valence-corrected chi connectivity index (χ0v) is 14.7. The molecule has 0 bridgehead atoms. The summed E-state index contributed by atoms with van der Waals surface area (Å²) >= 11 is 0. The SMILES string of the molecule is COc1cc(OS(=O)(=O)C(F)(F)F)cc(OC)c1CN1CCCCC1. The highest BCUT2D eigenvalue weighted by molar-refractivity contribution is 7.88. The maximum absolute atomic E-state index is 12.5. The molecule has 142 valence electrons. The van der Waals surface area contributed by atoms with E-state index in [1.165, 1.54) is 14.2 Å². The summed E-state index contributed by atoms with van der Waals surface area (Å²) in [6, 6.07) is 2.23. The average molecular weight is 383 g/mol. The number of rotatable bonds is 6. The number of alkyl halides is 3. The fourth-order valence-corrected chi connectivity index (χ4v) is 3.12. The van der Waals surface area contributed by atoms with Crippen molar-refractivity contribution in [3.05, 3.63) is 17.7 Å². The van der Waals surface area contributed by atoms with Gasteiger partial charge in [0, 0.05) is 18.7 Å². The average Bonchev–Trinajstić information content (AvgIpc) is 2.55. The maximum atomic E-state index is 12.5. The third kappa shape index (κ3) is 4.69. The smallest absolute Gasteiger partial charge is 0.496 e. The van der Waals surface area contributed by atoms with Crippen molar-refractivity contribution < 1.29 is 35.2 Å². The lowest BCUT2D eigenvalue weighted by Crippen LogP contribution is -2.29. The van der Waals surface area contributed by atoms with Gasteiger partial charge in [-0.1, -0.05) is 6.42 Å². The van der Waals surface area contributed by atoms with Crippen LogP contribution in [0.5, 0.6) is 17.2 Å². The molecule has 0 spiro atoms. The number of hydrogen-bond acceptors (Lipinski definition) is 6. The number of ether oxygens (including phenoxy) is 2. The molecule has 1 aliphatic rings. The Balaban J connectivity index is 2.33. The second kappa shape index (κ2) is 7.69. The predicted octanol–water partition coefficient (Wildman–Crippen LogP) is 2.92. The number of halogens is 3. The largest absolute Gasteiger partial charge is 0.534 e. The van der Waals surface area contributed by atoms with E-state index in [2.05, 4.69) is 9.08 Å². The second-order valence-corrected chi connectivity index (χ2v) is 7.16. The zero-order chi connectivity index (χ0) is 18.7. The van der Waals surface area contributed by atoms with Crippen LogP contribution >= 0.6 is 0 Å². The first kappa shape index (κ1) is 19.6. The normalized spacial score (nSPS) is 16.5. The molecule has 1 fully saturated rings. The standard InChI is InChI=1S/C15H20F3NO5S/c1-22-13-8-11(24-25(20,21)15(16,17)18)9-14(23-2)12(13)10-19-6-4-3-5-7-19/h8-9H,3-7,10H2,1-2H3. The maximum Gasteiger partial charge on any atom is 0.534 e. The van der Waals surface area contributed by atoms with Crippen LogP contribution in [-0.2, 0) is 16.7 Å². The summed E-state index contributed by atoms with van der Waals surface area (Å²) in [5.41, 5.74) is -4.89. The molecule has 1 aromatic rings. The van der Waals surface area contributed by atoms with Crippen LogP contribution in [0.2, 0.25) is 0 Å². The van der Waals surface area contributed by atoms with E-state index in [9.17, 15) is 21.6 Å². The second-order valence-electron chi connectivity index (χ2n) is 5.63. The molecular formula is C15H20F3NO5S. The highest BCUT2D eigenvalue weighted by Crippen LogP contribution is 2.37. The zero-order valence-electron chi connectivity index (χ0n) is 13.9. The Hall–Kier alpha value is -1.68. The summed E-state index contributed by atoms with van der Waals surface area (Å²) in [4.78, 5) is 2.18. The molecule has 0 atom stereocenters. The van der Waals surface area contributed by atoms with Gasteiger partial charge in [0.15, 0.2) is 0 Å². The van der Waals surface area contributed by atoms with Gasteiger partial charge in [0.25, 0.3) is 0 Å². The summed E-state index contributed by atoms with van der Waals surface area (Å²) in [7, 11) is -3.07. The van der Waals surface area contributed by atoms with Gasteiger partial charge in [-0.05, 0) is 25.9 Å². The number of nitrogens with zero attached hydrogens (tertiary/aromatic N) is 1. The van der Waals surface area contributed by atoms with Gasteiger partial charge in [-0.2, -0.15) is 21.6 Å². The van der Waals surface area contributed by atoms with Crippen molar-refractivity contribution in [2.45, 2.75) is 31.3 Å². The summed E-state index contributed by atoms with van der Waals surface area (Å²) < 4.78 is 74.4. The minimum atomic E-state index is -5.76. The van der Waals surface area contributed by atoms with Crippen molar-refractivity contribution in [1.82, 2.24) is 4.90 Å². The van der Waals surface area contributed by atoms with Crippen molar-refractivity contribution in [2.24, 2.45) is 0 Å². The molecule has 0 radical (unpaired) electrons. The Morgan fingerprint density at radius 1 is 1.04 bits per heavy atom. The molecule has 1 aliphatic heterocycles. The van der Waals surface area contributed by atoms with Crippen LogP contribution in [0.1, 0.15) is 24.8 Å². The van der Waals surface area contributed by atoms with Gasteiger partial charge in [0.2, 0.25) is 0 Å². The summed E-state index contributed by atoms with van der Waals surface area (Å²) in [6.45, 7) is 2.28. The van der Waals surface area contributed by atoms with Crippen molar-refractivity contribution >= 4 is 10.1 Å². The fourth-order valence-electron chi connectivity index (χ4n) is 2.68. The lowest BCUT2D eigenvalue weighted by Gasteiger charge is -2.28. The van der Waals surface area contributed by atoms with E-state index in [0.29, 0.717) is 12.1 Å². The van der Waals surface area contributed by atoms with E-state index in [4.69, 9.17) is 9.47 Å². The molecule has 0 aliphatic carbocycles. The third-order valence-corrected chi connectivity index (χ3v) is 4.88. The molecule has 0 saturated carbocycles. The minimum Gasteiger partial charge on any atom is -0.496 e. The first-order valence-corrected chi connectivity index (χ1v) is 9.07. The highest BCUT2D eigenvalue weighted by Gasteiger charge is 2.48. The van der Waals surface area contributed by atoms with E-state index in [1.807, 2.05) is 0 Å². The first-order chi connectivity index (χ1) is 11.7. The van der Waals surface area contributed by atoms with Crippen LogP contribution < -0.4 is 13.7 Å². The molecule has 0 unspecified atom stereocenters. The van der Waals surface area contributed by atoms with Crippen molar-refractivity contribution in [2.75, 3.05) is 27.3 Å². The molecule has 0 aromatic heterocycles. The van der Waals surface area contributed by atoms with Gasteiger partial charge < -0.3 is 13.7 Å². The Labute approximate surface area is 144 Å². The Bertz CT molecular complexity index is 675. The summed E-state index contributed by atoms with van der Waals surface area (Å²) in [5, 5.41) is 0. The molecule has 1 heterocycles. The molecule has 10 heteroatoms. The van der Waals surface area contributed by atoms with Crippen molar-refractivity contribution in [3.8, 4) is 17.2 Å². The minimum absolute atomic E-state index is 0.206. The number of methoxy groups -OCH3 is 2. The van der Waals surface area contributed by atoms with Crippen LogP contribution in [0, 0.1) is 0 Å². The molecule has 0 amide bonds. The van der Waals surface area contributed by atoms with Crippen LogP contribution in [0.4, 0.5) is 13.2 Å². The summed E-state index contributed by atoms with van der Waals surface area (Å²) in [5.74, 6) is -0.108. The van der Waals surface area contributed by atoms with Crippen LogP contribution in [0.25, 0.3) is 0 Å². The highest BCUT2D eigenvalue weighted by atomic mass is 32.2. The van der Waals surface area contributed by atoms with Crippen molar-refractivity contribution in [1.29, 1.82) is 0 Å². The van der Waals surface area contributed by atoms with Gasteiger partial charge in [0.1, 0.15) is 17.2 Å². The topological polar surface area (TPSA) is 65.1 Å². The van der Waals surface area contributed by atoms with E-state index in [1.54, 1.807) is 0 Å². The quantitative estimate of drug-likeness (QED) is 0.556. The van der Waals surface area contributed by atoms with E-state index < -0.39 is 21.4 Å².